The van der Waals surface area contributed by atoms with Crippen LogP contribution in [0.3, 0.4) is 0 Å². The van der Waals surface area contributed by atoms with Gasteiger partial charge >= 0.3 is 0 Å². The van der Waals surface area contributed by atoms with E-state index in [2.05, 4.69) is 32.7 Å². The zero-order chi connectivity index (χ0) is 12.2. The Bertz CT molecular complexity index is 338. The van der Waals surface area contributed by atoms with E-state index >= 15 is 0 Å². The number of pyridine rings is 1. The third-order valence-corrected chi connectivity index (χ3v) is 2.45. The maximum absolute atomic E-state index is 11.9. The fraction of sp³-hybridized carbons (Fsp3) is 0.571. The number of ketones is 1. The van der Waals surface area contributed by atoms with Gasteiger partial charge in [-0.05, 0) is 29.9 Å². The summed E-state index contributed by atoms with van der Waals surface area (Å²) in [5.74, 6) is 0.562. The average Bonchev–Trinajstić information content (AvgIpc) is 2.16. The molecule has 16 heavy (non-hydrogen) atoms. The molecule has 0 bridgehead atoms. The lowest BCUT2D eigenvalue weighted by atomic mass is 9.83. The zero-order valence-electron chi connectivity index (χ0n) is 10.7. The highest BCUT2D eigenvalue weighted by Crippen LogP contribution is 2.26. The second-order valence-electron chi connectivity index (χ2n) is 5.71. The topological polar surface area (TPSA) is 30.0 Å². The molecule has 0 saturated carbocycles. The monoisotopic (exact) mass is 219 g/mol. The molecule has 0 radical (unpaired) electrons. The molecular weight excluding hydrogens is 198 g/mol. The first kappa shape index (κ1) is 12.9. The van der Waals surface area contributed by atoms with Crippen LogP contribution in [0.1, 0.15) is 51.0 Å². The van der Waals surface area contributed by atoms with Gasteiger partial charge in [-0.3, -0.25) is 9.78 Å². The molecule has 1 atom stereocenters. The lowest BCUT2D eigenvalue weighted by Gasteiger charge is -2.22. The van der Waals surface area contributed by atoms with Crippen molar-refractivity contribution in [2.24, 2.45) is 11.3 Å². The molecule has 0 aliphatic heterocycles. The Balaban J connectivity index is 2.53. The predicted octanol–water partition coefficient (Wildman–Crippen LogP) is 3.73. The summed E-state index contributed by atoms with van der Waals surface area (Å²) in [6.07, 6.45) is 3.32. The van der Waals surface area contributed by atoms with Gasteiger partial charge < -0.3 is 0 Å². The fourth-order valence-corrected chi connectivity index (χ4v) is 2.07. The third-order valence-electron chi connectivity index (χ3n) is 2.45. The summed E-state index contributed by atoms with van der Waals surface area (Å²) in [5, 5.41) is 0. The largest absolute Gasteiger partial charge is 0.292 e. The van der Waals surface area contributed by atoms with Crippen molar-refractivity contribution < 1.29 is 4.79 Å². The number of Topliss-reactive ketones (excluding diaryl/α,β-unsaturated/α-hetero) is 1. The quantitative estimate of drug-likeness (QED) is 0.722. The van der Waals surface area contributed by atoms with E-state index in [0.29, 0.717) is 18.0 Å². The SMILES string of the molecule is C[C@H](CC(=O)c1ccccn1)CC(C)(C)C. The maximum Gasteiger partial charge on any atom is 0.181 e. The molecule has 0 fully saturated rings. The lowest BCUT2D eigenvalue weighted by molar-refractivity contribution is 0.0949. The summed E-state index contributed by atoms with van der Waals surface area (Å²) in [7, 11) is 0. The number of rotatable bonds is 4. The van der Waals surface area contributed by atoms with E-state index in [1.807, 2.05) is 12.1 Å². The highest BCUT2D eigenvalue weighted by molar-refractivity contribution is 5.94. The number of nitrogens with zero attached hydrogens (tertiary/aromatic N) is 1. The Hall–Kier alpha value is -1.18. The van der Waals surface area contributed by atoms with Gasteiger partial charge in [0.05, 0.1) is 0 Å². The first-order valence-corrected chi connectivity index (χ1v) is 5.83. The molecule has 0 saturated heterocycles. The summed E-state index contributed by atoms with van der Waals surface area (Å²) in [6, 6.07) is 5.47. The molecule has 1 heterocycles. The Kier molecular flexibility index (Phi) is 4.22. The second-order valence-corrected chi connectivity index (χ2v) is 5.71. The standard InChI is InChI=1S/C14H21NO/c1-11(10-14(2,3)4)9-13(16)12-7-5-6-8-15-12/h5-8,11H,9-10H2,1-4H3/t11-/m1/s1. The number of hydrogen-bond donors (Lipinski definition) is 0. The number of hydrogen-bond acceptors (Lipinski definition) is 2. The van der Waals surface area contributed by atoms with Gasteiger partial charge in [0.25, 0.3) is 0 Å². The Morgan fingerprint density at radius 1 is 1.38 bits per heavy atom. The van der Waals surface area contributed by atoms with Crippen LogP contribution in [0.2, 0.25) is 0 Å². The van der Waals surface area contributed by atoms with E-state index in [1.165, 1.54) is 0 Å². The molecule has 88 valence electrons. The van der Waals surface area contributed by atoms with Gasteiger partial charge in [-0.1, -0.05) is 33.8 Å². The highest BCUT2D eigenvalue weighted by Gasteiger charge is 2.18. The van der Waals surface area contributed by atoms with E-state index in [1.54, 1.807) is 12.3 Å². The van der Waals surface area contributed by atoms with Crippen molar-refractivity contribution in [2.75, 3.05) is 0 Å². The van der Waals surface area contributed by atoms with Crippen LogP contribution >= 0.6 is 0 Å². The molecule has 1 aromatic heterocycles. The van der Waals surface area contributed by atoms with E-state index in [-0.39, 0.29) is 11.2 Å². The van der Waals surface area contributed by atoms with Gasteiger partial charge in [0.2, 0.25) is 0 Å². The van der Waals surface area contributed by atoms with Gasteiger partial charge in [-0.2, -0.15) is 0 Å². The molecule has 0 aromatic carbocycles. The lowest BCUT2D eigenvalue weighted by Crippen LogP contribution is -2.14. The number of carbonyl (C=O) groups excluding carboxylic acids is 1. The van der Waals surface area contributed by atoms with Crippen molar-refractivity contribution in [1.82, 2.24) is 4.98 Å². The van der Waals surface area contributed by atoms with E-state index in [4.69, 9.17) is 0 Å². The summed E-state index contributed by atoms with van der Waals surface area (Å²) < 4.78 is 0. The average molecular weight is 219 g/mol. The van der Waals surface area contributed by atoms with Crippen LogP contribution in [0.15, 0.2) is 24.4 Å². The second kappa shape index (κ2) is 5.24. The molecular formula is C14H21NO. The van der Waals surface area contributed by atoms with Crippen LogP contribution in [0, 0.1) is 11.3 Å². The minimum Gasteiger partial charge on any atom is -0.292 e. The fourth-order valence-electron chi connectivity index (χ4n) is 2.07. The van der Waals surface area contributed by atoms with Crippen LogP contribution in [0.5, 0.6) is 0 Å². The molecule has 2 heteroatoms. The molecule has 1 aromatic rings. The molecule has 0 aliphatic carbocycles. The smallest absolute Gasteiger partial charge is 0.181 e. The van der Waals surface area contributed by atoms with Crippen LogP contribution < -0.4 is 0 Å². The molecule has 0 N–H and O–H groups in total. The Morgan fingerprint density at radius 3 is 2.56 bits per heavy atom. The van der Waals surface area contributed by atoms with Gasteiger partial charge in [0.15, 0.2) is 5.78 Å². The zero-order valence-corrected chi connectivity index (χ0v) is 10.7. The van der Waals surface area contributed by atoms with Gasteiger partial charge in [0.1, 0.15) is 5.69 Å². The van der Waals surface area contributed by atoms with Crippen LogP contribution in [0.4, 0.5) is 0 Å². The van der Waals surface area contributed by atoms with E-state index in [9.17, 15) is 4.79 Å². The highest BCUT2D eigenvalue weighted by atomic mass is 16.1. The molecule has 1 rings (SSSR count). The van der Waals surface area contributed by atoms with Crippen LogP contribution in [0.25, 0.3) is 0 Å². The Labute approximate surface area is 98.1 Å². The minimum atomic E-state index is 0.150. The van der Waals surface area contributed by atoms with E-state index < -0.39 is 0 Å². The number of carbonyl (C=O) groups is 1. The van der Waals surface area contributed by atoms with Gasteiger partial charge in [-0.15, -0.1) is 0 Å². The van der Waals surface area contributed by atoms with Gasteiger partial charge in [0, 0.05) is 12.6 Å². The minimum absolute atomic E-state index is 0.150. The summed E-state index contributed by atoms with van der Waals surface area (Å²) in [4.78, 5) is 16.0. The third kappa shape index (κ3) is 4.56. The van der Waals surface area contributed by atoms with E-state index in [0.717, 1.165) is 6.42 Å². The summed E-state index contributed by atoms with van der Waals surface area (Å²) >= 11 is 0. The first-order chi connectivity index (χ1) is 7.38. The first-order valence-electron chi connectivity index (χ1n) is 5.83. The maximum atomic E-state index is 11.9. The van der Waals surface area contributed by atoms with Crippen molar-refractivity contribution in [3.8, 4) is 0 Å². The van der Waals surface area contributed by atoms with Gasteiger partial charge in [-0.25, -0.2) is 0 Å². The molecule has 0 spiro atoms. The summed E-state index contributed by atoms with van der Waals surface area (Å²) in [5.41, 5.74) is 0.868. The number of aromatic nitrogens is 1. The normalized spacial score (nSPS) is 13.5. The van der Waals surface area contributed by atoms with Crippen molar-refractivity contribution in [2.45, 2.75) is 40.5 Å². The Morgan fingerprint density at radius 2 is 2.06 bits per heavy atom. The van der Waals surface area contributed by atoms with Crippen molar-refractivity contribution in [1.29, 1.82) is 0 Å². The van der Waals surface area contributed by atoms with Crippen molar-refractivity contribution >= 4 is 5.78 Å². The van der Waals surface area contributed by atoms with Crippen LogP contribution in [-0.2, 0) is 0 Å². The van der Waals surface area contributed by atoms with Crippen molar-refractivity contribution in [3.05, 3.63) is 30.1 Å². The van der Waals surface area contributed by atoms with Crippen LogP contribution in [-0.4, -0.2) is 10.8 Å². The molecule has 0 unspecified atom stereocenters. The molecule has 2 nitrogen and oxygen atoms in total. The predicted molar refractivity (Wildman–Crippen MR) is 66.4 cm³/mol. The van der Waals surface area contributed by atoms with Crippen molar-refractivity contribution in [3.63, 3.8) is 0 Å². The summed E-state index contributed by atoms with van der Waals surface area (Å²) in [6.45, 7) is 8.74. The molecule has 0 amide bonds. The molecule has 0 aliphatic rings.